The lowest BCUT2D eigenvalue weighted by molar-refractivity contribution is -0.141. The summed E-state index contributed by atoms with van der Waals surface area (Å²) in [7, 11) is 0. The Labute approximate surface area is 111 Å². The molecule has 2 rings (SSSR count). The van der Waals surface area contributed by atoms with Crippen LogP contribution in [0.15, 0.2) is 18.5 Å². The van der Waals surface area contributed by atoms with Crippen LogP contribution in [0.5, 0.6) is 0 Å². The van der Waals surface area contributed by atoms with Crippen molar-refractivity contribution >= 4 is 11.9 Å². The predicted molar refractivity (Wildman–Crippen MR) is 68.3 cm³/mol. The second kappa shape index (κ2) is 6.36. The van der Waals surface area contributed by atoms with E-state index in [2.05, 4.69) is 10.4 Å². The highest BCUT2D eigenvalue weighted by Gasteiger charge is 2.33. The Morgan fingerprint density at radius 1 is 1.37 bits per heavy atom. The number of rotatable bonds is 6. The summed E-state index contributed by atoms with van der Waals surface area (Å²) in [6.07, 6.45) is 6.20. The minimum Gasteiger partial charge on any atom is -0.481 e. The smallest absolute Gasteiger partial charge is 0.306 e. The van der Waals surface area contributed by atoms with Gasteiger partial charge in [0.25, 0.3) is 0 Å². The number of hydrogen-bond acceptors (Lipinski definition) is 3. The molecular weight excluding hydrogens is 246 g/mol. The minimum atomic E-state index is -0.783. The first kappa shape index (κ1) is 13.6. The van der Waals surface area contributed by atoms with E-state index >= 15 is 0 Å². The highest BCUT2D eigenvalue weighted by molar-refractivity contribution is 5.80. The number of aryl methyl sites for hydroxylation is 1. The number of carboxylic acids is 1. The first-order valence-corrected chi connectivity index (χ1v) is 6.65. The van der Waals surface area contributed by atoms with Crippen molar-refractivity contribution in [1.29, 1.82) is 0 Å². The van der Waals surface area contributed by atoms with Crippen LogP contribution in [0.1, 0.15) is 25.7 Å². The average molecular weight is 265 g/mol. The second-order valence-corrected chi connectivity index (χ2v) is 4.96. The van der Waals surface area contributed by atoms with E-state index in [0.29, 0.717) is 25.8 Å². The molecule has 1 amide bonds. The summed E-state index contributed by atoms with van der Waals surface area (Å²) in [4.78, 5) is 22.7. The number of hydrogen-bond donors (Lipinski definition) is 2. The summed E-state index contributed by atoms with van der Waals surface area (Å²) >= 11 is 0. The predicted octanol–water partition coefficient (Wildman–Crippen LogP) is 0.890. The van der Waals surface area contributed by atoms with Crippen molar-refractivity contribution in [2.75, 3.05) is 6.54 Å². The number of amides is 1. The maximum atomic E-state index is 11.8. The quantitative estimate of drug-likeness (QED) is 0.748. The fourth-order valence-corrected chi connectivity index (χ4v) is 2.47. The SMILES string of the molecule is O=C(O)[C@H]1CC[C@@H](C(=O)NCCCn2cccn2)C1. The van der Waals surface area contributed by atoms with Gasteiger partial charge in [-0.2, -0.15) is 5.10 Å². The molecule has 104 valence electrons. The molecule has 0 saturated heterocycles. The van der Waals surface area contributed by atoms with Gasteiger partial charge >= 0.3 is 5.97 Å². The highest BCUT2D eigenvalue weighted by Crippen LogP contribution is 2.30. The number of carbonyl (C=O) groups excluding carboxylic acids is 1. The van der Waals surface area contributed by atoms with Crippen molar-refractivity contribution in [2.45, 2.75) is 32.2 Å². The molecule has 19 heavy (non-hydrogen) atoms. The van der Waals surface area contributed by atoms with E-state index in [4.69, 9.17) is 5.11 Å². The molecule has 1 aliphatic rings. The van der Waals surface area contributed by atoms with Gasteiger partial charge in [-0.1, -0.05) is 0 Å². The van der Waals surface area contributed by atoms with Crippen LogP contribution in [0.3, 0.4) is 0 Å². The first-order valence-electron chi connectivity index (χ1n) is 6.65. The molecule has 1 aromatic heterocycles. The van der Waals surface area contributed by atoms with Gasteiger partial charge in [0.05, 0.1) is 5.92 Å². The van der Waals surface area contributed by atoms with Crippen LogP contribution < -0.4 is 5.32 Å². The zero-order valence-electron chi connectivity index (χ0n) is 10.8. The van der Waals surface area contributed by atoms with E-state index in [1.165, 1.54) is 0 Å². The third-order valence-electron chi connectivity index (χ3n) is 3.58. The summed E-state index contributed by atoms with van der Waals surface area (Å²) < 4.78 is 1.82. The molecule has 2 atom stereocenters. The van der Waals surface area contributed by atoms with Crippen LogP contribution in [-0.2, 0) is 16.1 Å². The third kappa shape index (κ3) is 3.81. The fourth-order valence-electron chi connectivity index (χ4n) is 2.47. The van der Waals surface area contributed by atoms with E-state index in [9.17, 15) is 9.59 Å². The molecule has 1 aliphatic carbocycles. The summed E-state index contributed by atoms with van der Waals surface area (Å²) in [5.74, 6) is -1.27. The lowest BCUT2D eigenvalue weighted by atomic mass is 10.0. The minimum absolute atomic E-state index is 0.00999. The van der Waals surface area contributed by atoms with Gasteiger partial charge in [0.1, 0.15) is 0 Å². The summed E-state index contributed by atoms with van der Waals surface area (Å²) in [6.45, 7) is 1.38. The molecule has 6 heteroatoms. The Kier molecular flexibility index (Phi) is 4.54. The van der Waals surface area contributed by atoms with Crippen LogP contribution in [0.2, 0.25) is 0 Å². The Morgan fingerprint density at radius 2 is 2.16 bits per heavy atom. The van der Waals surface area contributed by atoms with Crippen molar-refractivity contribution in [3.63, 3.8) is 0 Å². The van der Waals surface area contributed by atoms with Crippen LogP contribution in [0.4, 0.5) is 0 Å². The molecule has 1 heterocycles. The Balaban J connectivity index is 1.63. The number of nitrogens with one attached hydrogen (secondary N) is 1. The maximum absolute atomic E-state index is 11.8. The van der Waals surface area contributed by atoms with Gasteiger partial charge in [0, 0.05) is 31.4 Å². The van der Waals surface area contributed by atoms with Crippen LogP contribution in [0, 0.1) is 11.8 Å². The molecule has 0 aromatic carbocycles. The number of aromatic nitrogens is 2. The molecule has 0 unspecified atom stereocenters. The number of carbonyl (C=O) groups is 2. The van der Waals surface area contributed by atoms with Crippen molar-refractivity contribution in [3.05, 3.63) is 18.5 Å². The third-order valence-corrected chi connectivity index (χ3v) is 3.58. The summed E-state index contributed by atoms with van der Waals surface area (Å²) in [6, 6.07) is 1.86. The molecular formula is C13H19N3O3. The lowest BCUT2D eigenvalue weighted by Gasteiger charge is -2.10. The van der Waals surface area contributed by atoms with Crippen LogP contribution in [0.25, 0.3) is 0 Å². The van der Waals surface area contributed by atoms with Crippen molar-refractivity contribution in [3.8, 4) is 0 Å². The first-order chi connectivity index (χ1) is 9.16. The van der Waals surface area contributed by atoms with E-state index in [1.807, 2.05) is 16.9 Å². The zero-order chi connectivity index (χ0) is 13.7. The zero-order valence-corrected chi connectivity index (χ0v) is 10.8. The molecule has 1 fully saturated rings. The van der Waals surface area contributed by atoms with Gasteiger partial charge in [0.15, 0.2) is 0 Å². The largest absolute Gasteiger partial charge is 0.481 e. The Morgan fingerprint density at radius 3 is 2.79 bits per heavy atom. The van der Waals surface area contributed by atoms with Gasteiger partial charge < -0.3 is 10.4 Å². The van der Waals surface area contributed by atoms with Crippen LogP contribution >= 0.6 is 0 Å². The van der Waals surface area contributed by atoms with Crippen LogP contribution in [-0.4, -0.2) is 33.3 Å². The van der Waals surface area contributed by atoms with Gasteiger partial charge in [-0.15, -0.1) is 0 Å². The molecule has 0 spiro atoms. The maximum Gasteiger partial charge on any atom is 0.306 e. The molecule has 6 nitrogen and oxygen atoms in total. The number of nitrogens with zero attached hydrogens (tertiary/aromatic N) is 2. The van der Waals surface area contributed by atoms with Gasteiger partial charge in [0.2, 0.25) is 5.91 Å². The van der Waals surface area contributed by atoms with E-state index in [0.717, 1.165) is 13.0 Å². The molecule has 1 aromatic rings. The van der Waals surface area contributed by atoms with Gasteiger partial charge in [-0.25, -0.2) is 0 Å². The molecule has 0 aliphatic heterocycles. The van der Waals surface area contributed by atoms with E-state index in [1.54, 1.807) is 6.20 Å². The monoisotopic (exact) mass is 265 g/mol. The topological polar surface area (TPSA) is 84.2 Å². The fraction of sp³-hybridized carbons (Fsp3) is 0.615. The van der Waals surface area contributed by atoms with Crippen molar-refractivity contribution < 1.29 is 14.7 Å². The highest BCUT2D eigenvalue weighted by atomic mass is 16.4. The summed E-state index contributed by atoms with van der Waals surface area (Å²) in [5, 5.41) is 15.8. The molecule has 0 bridgehead atoms. The lowest BCUT2D eigenvalue weighted by Crippen LogP contribution is -2.31. The van der Waals surface area contributed by atoms with Crippen molar-refractivity contribution in [1.82, 2.24) is 15.1 Å². The Hall–Kier alpha value is -1.85. The standard InChI is InChI=1S/C13H19N3O3/c17-12(10-3-4-11(9-10)13(18)19)14-5-1-7-16-8-2-6-15-16/h2,6,8,10-11H,1,3-5,7,9H2,(H,14,17)(H,18,19)/t10-,11+/m1/s1. The second-order valence-electron chi connectivity index (χ2n) is 4.96. The molecule has 0 radical (unpaired) electrons. The molecule has 1 saturated carbocycles. The number of aliphatic carboxylic acids is 1. The Bertz CT molecular complexity index is 430. The molecule has 2 N–H and O–H groups in total. The number of carboxylic acid groups (broad SMARTS) is 1. The van der Waals surface area contributed by atoms with Gasteiger partial charge in [-0.05, 0) is 31.7 Å². The summed E-state index contributed by atoms with van der Waals surface area (Å²) in [5.41, 5.74) is 0. The van der Waals surface area contributed by atoms with Crippen molar-refractivity contribution in [2.24, 2.45) is 11.8 Å². The van der Waals surface area contributed by atoms with Gasteiger partial charge in [-0.3, -0.25) is 14.3 Å². The van der Waals surface area contributed by atoms with E-state index < -0.39 is 5.97 Å². The van der Waals surface area contributed by atoms with E-state index in [-0.39, 0.29) is 17.7 Å². The normalized spacial score (nSPS) is 22.3. The average Bonchev–Trinajstić information content (AvgIpc) is 3.05.